The van der Waals surface area contributed by atoms with Gasteiger partial charge >= 0.3 is 0 Å². The molecular formula is C21H31N3O3Si. The second-order valence-electron chi connectivity index (χ2n) is 9.87. The molecule has 28 heavy (non-hydrogen) atoms. The molecule has 1 aliphatic heterocycles. The first-order valence-electron chi connectivity index (χ1n) is 10.0. The number of carbonyl (C=O) groups excluding carboxylic acids is 2. The first kappa shape index (κ1) is 20.9. The highest BCUT2D eigenvalue weighted by molar-refractivity contribution is 6.76. The van der Waals surface area contributed by atoms with Gasteiger partial charge in [-0.2, -0.15) is 0 Å². The van der Waals surface area contributed by atoms with Gasteiger partial charge in [-0.3, -0.25) is 19.5 Å². The van der Waals surface area contributed by atoms with Crippen LogP contribution in [-0.2, 0) is 14.3 Å². The number of anilines is 1. The van der Waals surface area contributed by atoms with Crippen LogP contribution in [-0.4, -0.2) is 42.9 Å². The molecule has 0 radical (unpaired) electrons. The molecule has 0 spiro atoms. The molecule has 1 fully saturated rings. The van der Waals surface area contributed by atoms with Crippen molar-refractivity contribution in [1.29, 1.82) is 0 Å². The zero-order valence-corrected chi connectivity index (χ0v) is 18.8. The lowest BCUT2D eigenvalue weighted by molar-refractivity contribution is -0.120. The molecule has 2 heterocycles. The van der Waals surface area contributed by atoms with Crippen LogP contribution in [0.1, 0.15) is 51.1 Å². The summed E-state index contributed by atoms with van der Waals surface area (Å²) in [6, 6.07) is 1.04. The van der Waals surface area contributed by atoms with E-state index in [-0.39, 0.29) is 17.8 Å². The van der Waals surface area contributed by atoms with Crippen molar-refractivity contribution in [2.45, 2.75) is 65.4 Å². The number of ether oxygens (including phenoxy) is 1. The van der Waals surface area contributed by atoms with Crippen molar-refractivity contribution in [2.24, 2.45) is 5.41 Å². The lowest BCUT2D eigenvalue weighted by Gasteiger charge is -2.19. The molecule has 1 atom stereocenters. The van der Waals surface area contributed by atoms with Gasteiger partial charge in [0.15, 0.2) is 11.6 Å². The Labute approximate surface area is 168 Å². The Morgan fingerprint density at radius 2 is 2.04 bits per heavy atom. The van der Waals surface area contributed by atoms with E-state index in [2.05, 4.69) is 24.6 Å². The third-order valence-electron chi connectivity index (χ3n) is 5.06. The summed E-state index contributed by atoms with van der Waals surface area (Å²) in [5.74, 6) is 0.601. The standard InChI is InChI=1S/C21H31N3O3Si/c1-21(2,3)20(26)14-12-15(27-10-11-28(4,5)6)19-18(14)23-16(13-22-19)24-9-7-8-17(24)25/h12-13,15H,7-11H2,1-6H3. The lowest BCUT2D eigenvalue weighted by atomic mass is 9.86. The second-order valence-corrected chi connectivity index (χ2v) is 15.5. The average molecular weight is 402 g/mol. The fourth-order valence-electron chi connectivity index (χ4n) is 3.33. The number of hydrogen-bond acceptors (Lipinski definition) is 5. The molecule has 0 N–H and O–H groups in total. The minimum absolute atomic E-state index is 0.0178. The van der Waals surface area contributed by atoms with Gasteiger partial charge in [-0.1, -0.05) is 40.4 Å². The van der Waals surface area contributed by atoms with Gasteiger partial charge in [-0.15, -0.1) is 0 Å². The Balaban J connectivity index is 1.92. The van der Waals surface area contributed by atoms with E-state index in [9.17, 15) is 9.59 Å². The van der Waals surface area contributed by atoms with E-state index in [0.29, 0.717) is 42.4 Å². The fraction of sp³-hybridized carbons (Fsp3) is 0.619. The molecule has 0 aromatic carbocycles. The molecule has 2 aliphatic rings. The maximum atomic E-state index is 13.0. The minimum Gasteiger partial charge on any atom is -0.368 e. The van der Waals surface area contributed by atoms with E-state index in [1.165, 1.54) is 0 Å². The highest BCUT2D eigenvalue weighted by atomic mass is 28.3. The molecule has 6 nitrogen and oxygen atoms in total. The SMILES string of the molecule is CC(C)(C)C(=O)C1=CC(OCC[Si](C)(C)C)c2ncc(N3CCCC3=O)nc21. The van der Waals surface area contributed by atoms with Crippen LogP contribution in [0.25, 0.3) is 5.57 Å². The molecule has 1 unspecified atom stereocenters. The normalized spacial score (nSPS) is 19.8. The summed E-state index contributed by atoms with van der Waals surface area (Å²) < 4.78 is 6.11. The smallest absolute Gasteiger partial charge is 0.228 e. The van der Waals surface area contributed by atoms with E-state index in [0.717, 1.165) is 12.5 Å². The van der Waals surface area contributed by atoms with Gasteiger partial charge in [0.25, 0.3) is 0 Å². The van der Waals surface area contributed by atoms with Crippen molar-refractivity contribution in [2.75, 3.05) is 18.1 Å². The van der Waals surface area contributed by atoms with Crippen LogP contribution in [0.3, 0.4) is 0 Å². The summed E-state index contributed by atoms with van der Waals surface area (Å²) in [5, 5.41) is 0. The van der Waals surface area contributed by atoms with Gasteiger partial charge in [-0.25, -0.2) is 4.98 Å². The third kappa shape index (κ3) is 4.41. The van der Waals surface area contributed by atoms with E-state index in [1.54, 1.807) is 11.1 Å². The molecule has 0 bridgehead atoms. The number of ketones is 1. The highest BCUT2D eigenvalue weighted by Crippen LogP contribution is 2.39. The molecule has 1 aromatic rings. The molecule has 1 saturated heterocycles. The van der Waals surface area contributed by atoms with Crippen LogP contribution in [0.15, 0.2) is 12.3 Å². The summed E-state index contributed by atoms with van der Waals surface area (Å²) in [6.45, 7) is 13.9. The monoisotopic (exact) mass is 401 g/mol. The number of Topliss-reactive ketones (excluding diaryl/α,β-unsaturated/α-hetero) is 1. The topological polar surface area (TPSA) is 72.4 Å². The zero-order valence-electron chi connectivity index (χ0n) is 17.8. The number of nitrogens with zero attached hydrogens (tertiary/aromatic N) is 3. The average Bonchev–Trinajstić information content (AvgIpc) is 3.15. The van der Waals surface area contributed by atoms with E-state index in [1.807, 2.05) is 26.8 Å². The van der Waals surface area contributed by atoms with Crippen LogP contribution in [0, 0.1) is 5.41 Å². The van der Waals surface area contributed by atoms with Gasteiger partial charge in [0.1, 0.15) is 11.8 Å². The predicted molar refractivity (Wildman–Crippen MR) is 113 cm³/mol. The zero-order chi connectivity index (χ0) is 20.7. The Hall–Kier alpha value is -1.86. The van der Waals surface area contributed by atoms with Crippen LogP contribution in [0.2, 0.25) is 25.7 Å². The summed E-state index contributed by atoms with van der Waals surface area (Å²) >= 11 is 0. The van der Waals surface area contributed by atoms with E-state index >= 15 is 0 Å². The predicted octanol–water partition coefficient (Wildman–Crippen LogP) is 4.01. The second kappa shape index (κ2) is 7.52. The number of allylic oxidation sites excluding steroid dienone is 1. The highest BCUT2D eigenvalue weighted by Gasteiger charge is 2.36. The molecular weight excluding hydrogens is 370 g/mol. The Morgan fingerprint density at radius 1 is 1.32 bits per heavy atom. The lowest BCUT2D eigenvalue weighted by Crippen LogP contribution is -2.26. The number of amides is 1. The summed E-state index contributed by atoms with van der Waals surface area (Å²) in [5.41, 5.74) is 1.27. The van der Waals surface area contributed by atoms with Crippen LogP contribution < -0.4 is 4.90 Å². The van der Waals surface area contributed by atoms with Crippen molar-refractivity contribution in [3.8, 4) is 0 Å². The van der Waals surface area contributed by atoms with Gasteiger partial charge in [-0.05, 0) is 18.5 Å². The Morgan fingerprint density at radius 3 is 2.61 bits per heavy atom. The van der Waals surface area contributed by atoms with Crippen molar-refractivity contribution in [3.05, 3.63) is 23.7 Å². The third-order valence-corrected chi connectivity index (χ3v) is 6.76. The van der Waals surface area contributed by atoms with Crippen LogP contribution >= 0.6 is 0 Å². The number of carbonyl (C=O) groups is 2. The number of rotatable bonds is 6. The summed E-state index contributed by atoms with van der Waals surface area (Å²) in [6.07, 6.45) is 4.49. The molecule has 7 heteroatoms. The van der Waals surface area contributed by atoms with Gasteiger partial charge in [0, 0.05) is 38.6 Å². The van der Waals surface area contributed by atoms with Crippen LogP contribution in [0.5, 0.6) is 0 Å². The van der Waals surface area contributed by atoms with Crippen molar-refractivity contribution < 1.29 is 14.3 Å². The van der Waals surface area contributed by atoms with E-state index in [4.69, 9.17) is 9.72 Å². The maximum Gasteiger partial charge on any atom is 0.228 e. The first-order chi connectivity index (χ1) is 13.0. The molecule has 0 saturated carbocycles. The maximum absolute atomic E-state index is 13.0. The van der Waals surface area contributed by atoms with Crippen molar-refractivity contribution in [1.82, 2.24) is 9.97 Å². The molecule has 1 aliphatic carbocycles. The van der Waals surface area contributed by atoms with Gasteiger partial charge in [0.2, 0.25) is 5.91 Å². The molecule has 1 aromatic heterocycles. The number of fused-ring (bicyclic) bond motifs is 1. The van der Waals surface area contributed by atoms with Gasteiger partial charge in [0.05, 0.1) is 11.9 Å². The van der Waals surface area contributed by atoms with Crippen molar-refractivity contribution >= 4 is 31.2 Å². The molecule has 152 valence electrons. The largest absolute Gasteiger partial charge is 0.368 e. The molecule has 1 amide bonds. The Kier molecular flexibility index (Phi) is 5.60. The van der Waals surface area contributed by atoms with Crippen molar-refractivity contribution in [3.63, 3.8) is 0 Å². The van der Waals surface area contributed by atoms with Gasteiger partial charge < -0.3 is 4.74 Å². The number of aromatic nitrogens is 2. The Bertz CT molecular complexity index is 821. The van der Waals surface area contributed by atoms with E-state index < -0.39 is 13.5 Å². The fourth-order valence-corrected chi connectivity index (χ4v) is 4.06. The summed E-state index contributed by atoms with van der Waals surface area (Å²) in [7, 11) is -1.22. The van der Waals surface area contributed by atoms with Crippen LogP contribution in [0.4, 0.5) is 5.82 Å². The quantitative estimate of drug-likeness (QED) is 0.674. The summed E-state index contributed by atoms with van der Waals surface area (Å²) in [4.78, 5) is 36.1. The molecule has 3 rings (SSSR count). The number of hydrogen-bond donors (Lipinski definition) is 0. The first-order valence-corrected chi connectivity index (χ1v) is 13.7. The minimum atomic E-state index is -1.22.